The van der Waals surface area contributed by atoms with Crippen molar-refractivity contribution in [3.8, 4) is 5.75 Å². The van der Waals surface area contributed by atoms with Crippen LogP contribution in [0.1, 0.15) is 50.6 Å². The van der Waals surface area contributed by atoms with Gasteiger partial charge in [0.25, 0.3) is 0 Å². The first kappa shape index (κ1) is 38.6. The van der Waals surface area contributed by atoms with Crippen molar-refractivity contribution < 1.29 is 28.5 Å². The molecule has 0 aliphatic carbocycles. The Bertz CT molecular complexity index is 2480. The molecule has 2 aromatic heterocycles. The third-order valence-corrected chi connectivity index (χ3v) is 10.8. The lowest BCUT2D eigenvalue weighted by atomic mass is 9.77. The first-order valence-corrected chi connectivity index (χ1v) is 19.2. The molecule has 1 fully saturated rings. The molecule has 1 aliphatic rings. The molecule has 1 N–H and O–H groups in total. The van der Waals surface area contributed by atoms with Gasteiger partial charge in [0.05, 0.1) is 24.6 Å². The lowest BCUT2D eigenvalue weighted by molar-refractivity contribution is -0.0565. The Morgan fingerprint density at radius 2 is 1.31 bits per heavy atom. The Balaban J connectivity index is 1.20. The number of fused-ring (bicyclic) bond motifs is 1. The van der Waals surface area contributed by atoms with Gasteiger partial charge in [0.1, 0.15) is 34.4 Å². The normalized spacial score (nSPS) is 19.1. The zero-order valence-electron chi connectivity index (χ0n) is 31.4. The number of halogens is 2. The quantitative estimate of drug-likeness (QED) is 0.0553. The van der Waals surface area contributed by atoms with Crippen molar-refractivity contribution >= 4 is 52.3 Å². The van der Waals surface area contributed by atoms with Crippen LogP contribution >= 0.6 is 23.2 Å². The topological polar surface area (TPSA) is 127 Å². The van der Waals surface area contributed by atoms with Gasteiger partial charge in [-0.1, -0.05) is 121 Å². The fourth-order valence-electron chi connectivity index (χ4n) is 7.31. The van der Waals surface area contributed by atoms with Crippen LogP contribution in [-0.2, 0) is 19.7 Å². The van der Waals surface area contributed by atoms with E-state index in [1.54, 1.807) is 79.3 Å². The number of hydrogen-bond donors (Lipinski definition) is 1. The van der Waals surface area contributed by atoms with Gasteiger partial charge in [0.2, 0.25) is 5.95 Å². The van der Waals surface area contributed by atoms with Crippen LogP contribution in [0.15, 0.2) is 152 Å². The van der Waals surface area contributed by atoms with E-state index in [9.17, 15) is 9.59 Å². The number of methoxy groups -OCH3 is 1. The summed E-state index contributed by atoms with van der Waals surface area (Å²) in [6.45, 7) is 1.42. The minimum absolute atomic E-state index is 0.0747. The lowest BCUT2D eigenvalue weighted by Gasteiger charge is -2.37. The maximum atomic E-state index is 13.5. The van der Waals surface area contributed by atoms with Gasteiger partial charge in [0, 0.05) is 0 Å². The number of anilines is 1. The van der Waals surface area contributed by atoms with E-state index in [1.807, 2.05) is 84.9 Å². The Morgan fingerprint density at radius 3 is 1.88 bits per heavy atom. The molecule has 292 valence electrons. The highest BCUT2D eigenvalue weighted by Gasteiger charge is 2.57. The second kappa shape index (κ2) is 16.3. The van der Waals surface area contributed by atoms with E-state index in [1.165, 1.54) is 6.33 Å². The number of nitrogens with zero attached hydrogens (tertiary/aromatic N) is 4. The highest BCUT2D eigenvalue weighted by molar-refractivity contribution is 6.33. The molecule has 13 heteroatoms. The Morgan fingerprint density at radius 1 is 0.776 bits per heavy atom. The number of aromatic nitrogens is 4. The number of alkyl halides is 1. The molecular formula is C45H37Cl2N5O6. The van der Waals surface area contributed by atoms with Crippen LogP contribution in [0.5, 0.6) is 5.75 Å². The van der Waals surface area contributed by atoms with Gasteiger partial charge in [-0.25, -0.2) is 14.6 Å². The van der Waals surface area contributed by atoms with Crippen molar-refractivity contribution in [1.29, 1.82) is 0 Å². The average Bonchev–Trinajstić information content (AvgIpc) is 3.80. The van der Waals surface area contributed by atoms with Gasteiger partial charge in [-0.05, 0) is 60.0 Å². The molecule has 5 aromatic carbocycles. The molecule has 0 spiro atoms. The molecular weight excluding hydrogens is 777 g/mol. The third-order valence-electron chi connectivity index (χ3n) is 10.2. The predicted octanol–water partition coefficient (Wildman–Crippen LogP) is 8.87. The summed E-state index contributed by atoms with van der Waals surface area (Å²) >= 11 is 14.3. The van der Waals surface area contributed by atoms with Crippen LogP contribution in [0.4, 0.5) is 5.95 Å². The molecule has 0 radical (unpaired) electrons. The molecule has 11 nitrogen and oxygen atoms in total. The standard InChI is InChI=1S/C45H37Cl2N5O6/c1-44(47)37(58-41(54)30-17-9-4-10-18-30)35(27-56-40(53)29-15-7-3-8-16-29)57-42(44)52-28-48-36-38(46)49-43(50-39(36)52)51-45(31-19-11-5-12-20-31,32-21-13-6-14-22-32)33-23-25-34(55-2)26-24-33/h3-26,28,35,37,42H,27H2,1-2H3,(H,49,50,51)/t35-,37-,42-,44-/m1/s1. The van der Waals surface area contributed by atoms with Gasteiger partial charge < -0.3 is 24.3 Å². The minimum Gasteiger partial charge on any atom is -0.497 e. The van der Waals surface area contributed by atoms with Crippen molar-refractivity contribution in [2.45, 2.75) is 35.8 Å². The zero-order chi connectivity index (χ0) is 40.3. The first-order chi connectivity index (χ1) is 28.2. The second-order valence-electron chi connectivity index (χ2n) is 13.8. The smallest absolute Gasteiger partial charge is 0.338 e. The van der Waals surface area contributed by atoms with Gasteiger partial charge in [-0.2, -0.15) is 9.97 Å². The van der Waals surface area contributed by atoms with E-state index < -0.39 is 40.8 Å². The van der Waals surface area contributed by atoms with Crippen LogP contribution in [0.2, 0.25) is 5.15 Å². The first-order valence-electron chi connectivity index (χ1n) is 18.5. The number of nitrogens with one attached hydrogen (secondary N) is 1. The summed E-state index contributed by atoms with van der Waals surface area (Å²) in [5.74, 6) is -0.315. The highest BCUT2D eigenvalue weighted by Crippen LogP contribution is 2.47. The van der Waals surface area contributed by atoms with Crippen molar-refractivity contribution in [1.82, 2.24) is 19.5 Å². The van der Waals surface area contributed by atoms with E-state index in [0.29, 0.717) is 22.5 Å². The van der Waals surface area contributed by atoms with Crippen LogP contribution < -0.4 is 10.1 Å². The van der Waals surface area contributed by atoms with Gasteiger partial charge in [-0.15, -0.1) is 11.6 Å². The summed E-state index contributed by atoms with van der Waals surface area (Å²) in [7, 11) is 1.62. The van der Waals surface area contributed by atoms with E-state index in [2.05, 4.69) is 10.3 Å². The van der Waals surface area contributed by atoms with E-state index in [-0.39, 0.29) is 23.2 Å². The van der Waals surface area contributed by atoms with Gasteiger partial charge >= 0.3 is 11.9 Å². The van der Waals surface area contributed by atoms with Crippen LogP contribution in [-0.4, -0.2) is 62.3 Å². The van der Waals surface area contributed by atoms with Gasteiger partial charge in [0.15, 0.2) is 23.1 Å². The molecule has 4 atom stereocenters. The third kappa shape index (κ3) is 7.35. The fraction of sp³-hybridized carbons (Fsp3) is 0.178. The molecule has 3 heterocycles. The van der Waals surface area contributed by atoms with Crippen molar-refractivity contribution in [2.24, 2.45) is 0 Å². The Labute approximate surface area is 344 Å². The molecule has 1 aliphatic heterocycles. The summed E-state index contributed by atoms with van der Waals surface area (Å²) in [6, 6.07) is 44.8. The second-order valence-corrected chi connectivity index (χ2v) is 15.0. The van der Waals surface area contributed by atoms with Crippen molar-refractivity contribution in [2.75, 3.05) is 19.0 Å². The maximum Gasteiger partial charge on any atom is 0.338 e. The van der Waals surface area contributed by atoms with Crippen molar-refractivity contribution in [3.63, 3.8) is 0 Å². The molecule has 0 saturated carbocycles. The summed E-state index contributed by atoms with van der Waals surface area (Å²) in [6.07, 6.45) is -1.62. The van der Waals surface area contributed by atoms with Crippen LogP contribution in [0, 0.1) is 0 Å². The largest absolute Gasteiger partial charge is 0.497 e. The SMILES string of the molecule is COc1ccc(C(Nc2nc(Cl)c3ncn([C@@H]4O[C@H](COC(=O)c5ccccc5)[C@@H](OC(=O)c5ccccc5)[C@@]4(C)Cl)c3n2)(c2ccccc2)c2ccccc2)cc1. The number of imidazole rings is 1. The number of carbonyl (C=O) groups is 2. The highest BCUT2D eigenvalue weighted by atomic mass is 35.5. The molecule has 0 unspecified atom stereocenters. The molecule has 0 bridgehead atoms. The summed E-state index contributed by atoms with van der Waals surface area (Å²) < 4.78 is 25.5. The fourth-order valence-corrected chi connectivity index (χ4v) is 7.87. The Hall–Kier alpha value is -6.27. The van der Waals surface area contributed by atoms with E-state index in [0.717, 1.165) is 16.7 Å². The minimum atomic E-state index is -1.44. The zero-order valence-corrected chi connectivity index (χ0v) is 32.9. The number of carbonyl (C=O) groups excluding carboxylic acids is 2. The maximum absolute atomic E-state index is 13.5. The number of esters is 2. The predicted molar refractivity (Wildman–Crippen MR) is 220 cm³/mol. The Kier molecular flexibility index (Phi) is 10.8. The monoisotopic (exact) mass is 813 g/mol. The molecule has 0 amide bonds. The summed E-state index contributed by atoms with van der Waals surface area (Å²) in [4.78, 5) is 39.4. The van der Waals surface area contributed by atoms with Crippen molar-refractivity contribution in [3.05, 3.63) is 185 Å². The van der Waals surface area contributed by atoms with E-state index >= 15 is 0 Å². The molecule has 8 rings (SSSR count). The summed E-state index contributed by atoms with van der Waals surface area (Å²) in [5, 5.41) is 3.74. The lowest BCUT2D eigenvalue weighted by Crippen LogP contribution is -2.43. The molecule has 58 heavy (non-hydrogen) atoms. The van der Waals surface area contributed by atoms with Crippen LogP contribution in [0.3, 0.4) is 0 Å². The average molecular weight is 815 g/mol. The number of rotatable bonds is 12. The number of ether oxygens (including phenoxy) is 4. The number of benzene rings is 5. The molecule has 1 saturated heterocycles. The number of hydrogen-bond acceptors (Lipinski definition) is 10. The molecule has 7 aromatic rings. The van der Waals surface area contributed by atoms with Crippen LogP contribution in [0.25, 0.3) is 11.2 Å². The van der Waals surface area contributed by atoms with E-state index in [4.69, 9.17) is 52.1 Å². The summed E-state index contributed by atoms with van der Waals surface area (Å²) in [5.41, 5.74) is 2.92. The van der Waals surface area contributed by atoms with Gasteiger partial charge in [-0.3, -0.25) is 4.57 Å².